The highest BCUT2D eigenvalue weighted by Gasteiger charge is 2.10. The SMILES string of the molecule is CCCN(C)CCc1c[nH]c2c(F)cc(OC)cc12. The molecule has 1 heterocycles. The fourth-order valence-corrected chi connectivity index (χ4v) is 2.35. The van der Waals surface area contributed by atoms with Crippen LogP contribution >= 0.6 is 0 Å². The smallest absolute Gasteiger partial charge is 0.150 e. The van der Waals surface area contributed by atoms with Crippen LogP contribution in [0.3, 0.4) is 0 Å². The van der Waals surface area contributed by atoms with Crippen LogP contribution in [0.1, 0.15) is 18.9 Å². The van der Waals surface area contributed by atoms with E-state index in [1.54, 1.807) is 7.11 Å². The average molecular weight is 264 g/mol. The molecule has 1 N–H and O–H groups in total. The van der Waals surface area contributed by atoms with Gasteiger partial charge in [0.2, 0.25) is 0 Å². The predicted octanol–water partition coefficient (Wildman–Crippen LogP) is 3.20. The van der Waals surface area contributed by atoms with Crippen molar-refractivity contribution in [1.82, 2.24) is 9.88 Å². The van der Waals surface area contributed by atoms with Crippen LogP contribution < -0.4 is 4.74 Å². The minimum Gasteiger partial charge on any atom is -0.497 e. The van der Waals surface area contributed by atoms with Crippen LogP contribution in [0.5, 0.6) is 5.75 Å². The first-order valence-electron chi connectivity index (χ1n) is 6.67. The number of ether oxygens (including phenoxy) is 1. The largest absolute Gasteiger partial charge is 0.497 e. The molecule has 104 valence electrons. The molecule has 2 rings (SSSR count). The highest BCUT2D eigenvalue weighted by Crippen LogP contribution is 2.26. The van der Waals surface area contributed by atoms with Crippen LogP contribution in [-0.4, -0.2) is 37.1 Å². The molecule has 0 fully saturated rings. The van der Waals surface area contributed by atoms with Gasteiger partial charge in [0.05, 0.1) is 12.6 Å². The molecule has 0 aliphatic carbocycles. The molecule has 2 aromatic rings. The summed E-state index contributed by atoms with van der Waals surface area (Å²) in [7, 11) is 3.67. The highest BCUT2D eigenvalue weighted by molar-refractivity contribution is 5.85. The number of aromatic nitrogens is 1. The van der Waals surface area contributed by atoms with Crippen molar-refractivity contribution in [3.8, 4) is 5.75 Å². The third-order valence-corrected chi connectivity index (χ3v) is 3.40. The summed E-state index contributed by atoms with van der Waals surface area (Å²) in [5.41, 5.74) is 1.70. The number of H-pyrrole nitrogens is 1. The van der Waals surface area contributed by atoms with Crippen molar-refractivity contribution in [3.05, 3.63) is 29.7 Å². The molecular weight excluding hydrogens is 243 g/mol. The molecule has 0 bridgehead atoms. The first kappa shape index (κ1) is 13.9. The van der Waals surface area contributed by atoms with Gasteiger partial charge in [-0.25, -0.2) is 4.39 Å². The van der Waals surface area contributed by atoms with Crippen LogP contribution in [-0.2, 0) is 6.42 Å². The van der Waals surface area contributed by atoms with Gasteiger partial charge in [0.25, 0.3) is 0 Å². The lowest BCUT2D eigenvalue weighted by molar-refractivity contribution is 0.339. The lowest BCUT2D eigenvalue weighted by atomic mass is 10.1. The number of aromatic amines is 1. The molecule has 0 unspecified atom stereocenters. The first-order valence-corrected chi connectivity index (χ1v) is 6.67. The summed E-state index contributed by atoms with van der Waals surface area (Å²) in [5.74, 6) is 0.301. The van der Waals surface area contributed by atoms with E-state index in [0.29, 0.717) is 11.3 Å². The molecule has 0 spiro atoms. The van der Waals surface area contributed by atoms with E-state index in [-0.39, 0.29) is 5.82 Å². The minimum atomic E-state index is -0.262. The number of hydrogen-bond acceptors (Lipinski definition) is 2. The van der Waals surface area contributed by atoms with E-state index >= 15 is 0 Å². The molecule has 0 amide bonds. The monoisotopic (exact) mass is 264 g/mol. The molecule has 0 saturated carbocycles. The average Bonchev–Trinajstić information content (AvgIpc) is 2.80. The Bertz CT molecular complexity index is 550. The van der Waals surface area contributed by atoms with Gasteiger partial charge in [0.15, 0.2) is 5.82 Å². The fourth-order valence-electron chi connectivity index (χ4n) is 2.35. The topological polar surface area (TPSA) is 28.3 Å². The van der Waals surface area contributed by atoms with Gasteiger partial charge < -0.3 is 14.6 Å². The van der Waals surface area contributed by atoms with Gasteiger partial charge in [0, 0.05) is 24.2 Å². The molecule has 4 heteroatoms. The standard InChI is InChI=1S/C15H21FN2O/c1-4-6-18(2)7-5-11-10-17-15-13(11)8-12(19-3)9-14(15)16/h8-10,17H,4-7H2,1-3H3. The maximum atomic E-state index is 13.8. The molecule has 0 aliphatic rings. The van der Waals surface area contributed by atoms with E-state index in [2.05, 4.69) is 23.9 Å². The van der Waals surface area contributed by atoms with E-state index < -0.39 is 0 Å². The quantitative estimate of drug-likeness (QED) is 0.868. The Morgan fingerprint density at radius 2 is 2.11 bits per heavy atom. The first-order chi connectivity index (χ1) is 9.15. The van der Waals surface area contributed by atoms with Crippen LogP contribution in [0.15, 0.2) is 18.3 Å². The van der Waals surface area contributed by atoms with Gasteiger partial charge >= 0.3 is 0 Å². The van der Waals surface area contributed by atoms with Gasteiger partial charge in [0.1, 0.15) is 5.75 Å². The maximum Gasteiger partial charge on any atom is 0.150 e. The Kier molecular flexibility index (Phi) is 4.43. The molecule has 1 aromatic heterocycles. The second-order valence-electron chi connectivity index (χ2n) is 4.90. The van der Waals surface area contributed by atoms with Gasteiger partial charge in [-0.05, 0) is 38.1 Å². The highest BCUT2D eigenvalue weighted by atomic mass is 19.1. The van der Waals surface area contributed by atoms with Crippen LogP contribution in [0.2, 0.25) is 0 Å². The van der Waals surface area contributed by atoms with Crippen molar-refractivity contribution in [3.63, 3.8) is 0 Å². The summed E-state index contributed by atoms with van der Waals surface area (Å²) < 4.78 is 19.0. The zero-order valence-electron chi connectivity index (χ0n) is 11.8. The number of methoxy groups -OCH3 is 1. The van der Waals surface area contributed by atoms with Gasteiger partial charge in [-0.3, -0.25) is 0 Å². The summed E-state index contributed by atoms with van der Waals surface area (Å²) in [6.07, 6.45) is 3.95. The van der Waals surface area contributed by atoms with E-state index in [0.717, 1.165) is 36.9 Å². The van der Waals surface area contributed by atoms with Gasteiger partial charge in [-0.1, -0.05) is 6.92 Å². The van der Waals surface area contributed by atoms with Crippen LogP contribution in [0.4, 0.5) is 4.39 Å². The second-order valence-corrected chi connectivity index (χ2v) is 4.90. The molecule has 19 heavy (non-hydrogen) atoms. The predicted molar refractivity (Wildman–Crippen MR) is 76.3 cm³/mol. The number of likely N-dealkylation sites (N-methyl/N-ethyl adjacent to an activating group) is 1. The lowest BCUT2D eigenvalue weighted by Gasteiger charge is -2.14. The van der Waals surface area contributed by atoms with E-state index in [1.807, 2.05) is 12.3 Å². The van der Waals surface area contributed by atoms with Gasteiger partial charge in [-0.15, -0.1) is 0 Å². The number of rotatable bonds is 6. The summed E-state index contributed by atoms with van der Waals surface area (Å²) in [4.78, 5) is 5.30. The molecule has 0 aliphatic heterocycles. The molecule has 3 nitrogen and oxygen atoms in total. The maximum absolute atomic E-state index is 13.8. The third-order valence-electron chi connectivity index (χ3n) is 3.40. The second kappa shape index (κ2) is 6.06. The van der Waals surface area contributed by atoms with E-state index in [1.165, 1.54) is 6.07 Å². The molecule has 1 aromatic carbocycles. The van der Waals surface area contributed by atoms with E-state index in [9.17, 15) is 4.39 Å². The number of hydrogen-bond donors (Lipinski definition) is 1. The van der Waals surface area contributed by atoms with Crippen molar-refractivity contribution in [2.75, 3.05) is 27.2 Å². The Morgan fingerprint density at radius 1 is 1.32 bits per heavy atom. The van der Waals surface area contributed by atoms with Crippen molar-refractivity contribution in [1.29, 1.82) is 0 Å². The minimum absolute atomic E-state index is 0.262. The summed E-state index contributed by atoms with van der Waals surface area (Å²) in [5, 5.41) is 0.918. The Hall–Kier alpha value is -1.55. The molecule has 0 atom stereocenters. The molecular formula is C15H21FN2O. The Morgan fingerprint density at radius 3 is 2.79 bits per heavy atom. The summed E-state index contributed by atoms with van der Waals surface area (Å²) in [6.45, 7) is 4.22. The molecule has 0 radical (unpaired) electrons. The number of benzene rings is 1. The van der Waals surface area contributed by atoms with Gasteiger partial charge in [-0.2, -0.15) is 0 Å². The Labute approximate surface area is 113 Å². The zero-order chi connectivity index (χ0) is 13.8. The van der Waals surface area contributed by atoms with Crippen LogP contribution in [0.25, 0.3) is 10.9 Å². The number of halogens is 1. The lowest BCUT2D eigenvalue weighted by Crippen LogP contribution is -2.21. The van der Waals surface area contributed by atoms with Crippen molar-refractivity contribution in [2.24, 2.45) is 0 Å². The zero-order valence-corrected chi connectivity index (χ0v) is 11.8. The summed E-state index contributed by atoms with van der Waals surface area (Å²) >= 11 is 0. The number of fused-ring (bicyclic) bond motifs is 1. The normalized spacial score (nSPS) is 11.4. The number of nitrogens with one attached hydrogen (secondary N) is 1. The third kappa shape index (κ3) is 3.07. The van der Waals surface area contributed by atoms with Crippen molar-refractivity contribution in [2.45, 2.75) is 19.8 Å². The Balaban J connectivity index is 2.21. The molecule has 0 saturated heterocycles. The van der Waals surface area contributed by atoms with E-state index in [4.69, 9.17) is 4.74 Å². The summed E-state index contributed by atoms with van der Waals surface area (Å²) in [6, 6.07) is 3.30. The number of nitrogens with zero attached hydrogens (tertiary/aromatic N) is 1. The van der Waals surface area contributed by atoms with Crippen LogP contribution in [0, 0.1) is 5.82 Å². The fraction of sp³-hybridized carbons (Fsp3) is 0.467. The van der Waals surface area contributed by atoms with Crippen molar-refractivity contribution < 1.29 is 9.13 Å². The van der Waals surface area contributed by atoms with Crippen molar-refractivity contribution >= 4 is 10.9 Å².